The number of nitrogens with zero attached hydrogens (tertiary/aromatic N) is 2. The van der Waals surface area contributed by atoms with Crippen LogP contribution in [0.5, 0.6) is 0 Å². The summed E-state index contributed by atoms with van der Waals surface area (Å²) in [5.74, 6) is 0.954. The Bertz CT molecular complexity index is 259. The van der Waals surface area contributed by atoms with E-state index >= 15 is 0 Å². The third kappa shape index (κ3) is 3.50. The minimum atomic E-state index is 0.314. The molecule has 3 nitrogen and oxygen atoms in total. The normalized spacial score (nSPS) is 30.2. The highest BCUT2D eigenvalue weighted by Gasteiger charge is 2.38. The van der Waals surface area contributed by atoms with Crippen LogP contribution in [0.2, 0.25) is 0 Å². The summed E-state index contributed by atoms with van der Waals surface area (Å²) in [5, 5.41) is 0. The Kier molecular flexibility index (Phi) is 5.67. The number of hydrogen-bond acceptors (Lipinski definition) is 3. The number of piperidine rings is 1. The molecular weight excluding hydrogens is 234 g/mol. The zero-order chi connectivity index (χ0) is 13.7. The van der Waals surface area contributed by atoms with E-state index in [1.54, 1.807) is 0 Å². The highest BCUT2D eigenvalue weighted by molar-refractivity contribution is 4.97. The fourth-order valence-corrected chi connectivity index (χ4v) is 3.98. The lowest BCUT2D eigenvalue weighted by molar-refractivity contribution is 0.0297. The molecule has 2 rings (SSSR count). The molecule has 0 aliphatic carbocycles. The van der Waals surface area contributed by atoms with E-state index in [0.29, 0.717) is 5.54 Å². The number of likely N-dealkylation sites (tertiary alicyclic amines) is 2. The average molecular weight is 267 g/mol. The van der Waals surface area contributed by atoms with Gasteiger partial charge in [0.05, 0.1) is 0 Å². The molecule has 3 heteroatoms. The molecule has 2 fully saturated rings. The van der Waals surface area contributed by atoms with E-state index in [-0.39, 0.29) is 0 Å². The highest BCUT2D eigenvalue weighted by atomic mass is 15.2. The van der Waals surface area contributed by atoms with Gasteiger partial charge in [-0.15, -0.1) is 0 Å². The van der Waals surface area contributed by atoms with Crippen LogP contribution in [0, 0.1) is 5.92 Å². The van der Waals surface area contributed by atoms with Crippen LogP contribution in [-0.4, -0.2) is 54.6 Å². The lowest BCUT2D eigenvalue weighted by Crippen LogP contribution is -2.59. The number of hydrogen-bond donors (Lipinski definition) is 1. The summed E-state index contributed by atoms with van der Waals surface area (Å²) < 4.78 is 0. The smallest absolute Gasteiger partial charge is 0.0356 e. The molecule has 112 valence electrons. The maximum atomic E-state index is 6.21. The summed E-state index contributed by atoms with van der Waals surface area (Å²) in [4.78, 5) is 5.33. The molecule has 0 radical (unpaired) electrons. The van der Waals surface area contributed by atoms with Gasteiger partial charge in [-0.2, -0.15) is 0 Å². The van der Waals surface area contributed by atoms with Gasteiger partial charge in [0.1, 0.15) is 0 Å². The monoisotopic (exact) mass is 267 g/mol. The topological polar surface area (TPSA) is 32.5 Å². The van der Waals surface area contributed by atoms with Crippen LogP contribution in [0.15, 0.2) is 0 Å². The molecule has 0 aromatic carbocycles. The number of rotatable bonds is 4. The highest BCUT2D eigenvalue weighted by Crippen LogP contribution is 2.32. The molecule has 0 aromatic rings. The van der Waals surface area contributed by atoms with Gasteiger partial charge in [-0.05, 0) is 70.7 Å². The van der Waals surface area contributed by atoms with Gasteiger partial charge in [-0.3, -0.25) is 4.90 Å². The Morgan fingerprint density at radius 2 is 1.79 bits per heavy atom. The van der Waals surface area contributed by atoms with Gasteiger partial charge in [0, 0.05) is 12.1 Å². The van der Waals surface area contributed by atoms with Gasteiger partial charge in [0.25, 0.3) is 0 Å². The minimum absolute atomic E-state index is 0.314. The van der Waals surface area contributed by atoms with Gasteiger partial charge in [0.2, 0.25) is 0 Å². The van der Waals surface area contributed by atoms with Crippen molar-refractivity contribution in [3.63, 3.8) is 0 Å². The van der Waals surface area contributed by atoms with Crippen molar-refractivity contribution in [1.82, 2.24) is 9.80 Å². The Morgan fingerprint density at radius 1 is 1.05 bits per heavy atom. The van der Waals surface area contributed by atoms with Crippen molar-refractivity contribution in [3.05, 3.63) is 0 Å². The molecule has 0 aromatic heterocycles. The molecule has 2 heterocycles. The van der Waals surface area contributed by atoms with Crippen LogP contribution in [0.25, 0.3) is 0 Å². The summed E-state index contributed by atoms with van der Waals surface area (Å²) in [6, 6.07) is 0. The second kappa shape index (κ2) is 7.05. The van der Waals surface area contributed by atoms with Gasteiger partial charge < -0.3 is 10.6 Å². The van der Waals surface area contributed by atoms with Crippen molar-refractivity contribution in [2.75, 3.05) is 39.3 Å². The Hall–Kier alpha value is -0.120. The second-order valence-electron chi connectivity index (χ2n) is 6.55. The van der Waals surface area contributed by atoms with Crippen LogP contribution in [-0.2, 0) is 0 Å². The average Bonchev–Trinajstić information content (AvgIpc) is 2.73. The van der Waals surface area contributed by atoms with Crippen molar-refractivity contribution >= 4 is 0 Å². The zero-order valence-electron chi connectivity index (χ0n) is 13.0. The molecule has 0 bridgehead atoms. The van der Waals surface area contributed by atoms with E-state index in [4.69, 9.17) is 5.73 Å². The summed E-state index contributed by atoms with van der Waals surface area (Å²) in [6.07, 6.45) is 8.08. The lowest BCUT2D eigenvalue weighted by Gasteiger charge is -2.48. The molecule has 19 heavy (non-hydrogen) atoms. The maximum absolute atomic E-state index is 6.21. The van der Waals surface area contributed by atoms with Gasteiger partial charge in [0.15, 0.2) is 0 Å². The van der Waals surface area contributed by atoms with Gasteiger partial charge in [-0.1, -0.05) is 20.3 Å². The Morgan fingerprint density at radius 3 is 2.37 bits per heavy atom. The first-order valence-corrected chi connectivity index (χ1v) is 8.41. The molecule has 0 saturated carbocycles. The quantitative estimate of drug-likeness (QED) is 0.848. The molecule has 1 unspecified atom stereocenters. The summed E-state index contributed by atoms with van der Waals surface area (Å²) in [7, 11) is 0. The Labute approximate surface area is 119 Å². The molecule has 0 spiro atoms. The third-order valence-corrected chi connectivity index (χ3v) is 5.71. The van der Waals surface area contributed by atoms with Crippen LogP contribution < -0.4 is 5.73 Å². The minimum Gasteiger partial charge on any atom is -0.329 e. The van der Waals surface area contributed by atoms with E-state index in [2.05, 4.69) is 23.6 Å². The maximum Gasteiger partial charge on any atom is 0.0356 e. The van der Waals surface area contributed by atoms with Crippen molar-refractivity contribution in [2.45, 2.75) is 57.9 Å². The summed E-state index contributed by atoms with van der Waals surface area (Å²) >= 11 is 0. The molecule has 0 amide bonds. The lowest BCUT2D eigenvalue weighted by atomic mass is 9.85. The SMILES string of the molecule is CCC1CCCN(C2(CN)CCN(CC)CC2)CC1. The van der Waals surface area contributed by atoms with Crippen molar-refractivity contribution in [2.24, 2.45) is 11.7 Å². The van der Waals surface area contributed by atoms with Crippen molar-refractivity contribution in [3.8, 4) is 0 Å². The predicted molar refractivity (Wildman–Crippen MR) is 82.3 cm³/mol. The zero-order valence-corrected chi connectivity index (χ0v) is 13.0. The first-order valence-electron chi connectivity index (χ1n) is 8.41. The first-order chi connectivity index (χ1) is 9.24. The first kappa shape index (κ1) is 15.3. The molecule has 2 aliphatic rings. The standard InChI is InChI=1S/C16H33N3/c1-3-15-6-5-10-19(11-7-15)16(14-17)8-12-18(4-2)13-9-16/h15H,3-14,17H2,1-2H3. The van der Waals surface area contributed by atoms with Crippen LogP contribution in [0.1, 0.15) is 52.4 Å². The van der Waals surface area contributed by atoms with Crippen LogP contribution in [0.3, 0.4) is 0 Å². The van der Waals surface area contributed by atoms with E-state index in [0.717, 1.165) is 12.5 Å². The number of nitrogens with two attached hydrogens (primary N) is 1. The fraction of sp³-hybridized carbons (Fsp3) is 1.00. The van der Waals surface area contributed by atoms with E-state index in [1.807, 2.05) is 0 Å². The molecule has 2 saturated heterocycles. The molecule has 2 aliphatic heterocycles. The van der Waals surface area contributed by atoms with Gasteiger partial charge >= 0.3 is 0 Å². The predicted octanol–water partition coefficient (Wildman–Crippen LogP) is 2.31. The summed E-state index contributed by atoms with van der Waals surface area (Å²) in [6.45, 7) is 11.7. The largest absolute Gasteiger partial charge is 0.329 e. The van der Waals surface area contributed by atoms with Gasteiger partial charge in [-0.25, -0.2) is 0 Å². The van der Waals surface area contributed by atoms with Crippen molar-refractivity contribution < 1.29 is 0 Å². The molecular formula is C16H33N3. The third-order valence-electron chi connectivity index (χ3n) is 5.71. The summed E-state index contributed by atoms with van der Waals surface area (Å²) in [5.41, 5.74) is 6.53. The molecule has 1 atom stereocenters. The van der Waals surface area contributed by atoms with E-state index in [1.165, 1.54) is 71.2 Å². The fourth-order valence-electron chi connectivity index (χ4n) is 3.98. The van der Waals surface area contributed by atoms with Crippen LogP contribution in [0.4, 0.5) is 0 Å². The van der Waals surface area contributed by atoms with Crippen molar-refractivity contribution in [1.29, 1.82) is 0 Å². The van der Waals surface area contributed by atoms with E-state index in [9.17, 15) is 0 Å². The molecule has 2 N–H and O–H groups in total. The second-order valence-corrected chi connectivity index (χ2v) is 6.55. The van der Waals surface area contributed by atoms with Crippen LogP contribution >= 0.6 is 0 Å². The van der Waals surface area contributed by atoms with E-state index < -0.39 is 0 Å². The Balaban J connectivity index is 1.97.